The van der Waals surface area contributed by atoms with Gasteiger partial charge < -0.3 is 14.8 Å². The molecule has 0 aromatic heterocycles. The monoisotopic (exact) mass is 380 g/mol. The third kappa shape index (κ3) is 4.34. The molecule has 1 saturated heterocycles. The molecule has 0 unspecified atom stereocenters. The van der Waals surface area contributed by atoms with Crippen molar-refractivity contribution in [3.63, 3.8) is 0 Å². The molecule has 1 heterocycles. The molecule has 0 aliphatic carbocycles. The summed E-state index contributed by atoms with van der Waals surface area (Å²) in [5, 5.41) is 2.65. The molecule has 146 valence electrons. The van der Waals surface area contributed by atoms with E-state index in [1.54, 1.807) is 18.2 Å². The molecule has 3 rings (SSSR count). The summed E-state index contributed by atoms with van der Waals surface area (Å²) in [6.45, 7) is 7.04. The molecule has 0 spiro atoms. The lowest BCUT2D eigenvalue weighted by molar-refractivity contribution is -0.123. The van der Waals surface area contributed by atoms with E-state index in [2.05, 4.69) is 5.32 Å². The van der Waals surface area contributed by atoms with Crippen LogP contribution in [0.4, 0.5) is 4.79 Å². The highest BCUT2D eigenvalue weighted by Crippen LogP contribution is 2.29. The minimum atomic E-state index is -0.422. The minimum absolute atomic E-state index is 0.233. The second-order valence-corrected chi connectivity index (χ2v) is 6.44. The number of hydrogen-bond donors (Lipinski definition) is 1. The lowest BCUT2D eigenvalue weighted by Gasteiger charge is -2.12. The summed E-state index contributed by atoms with van der Waals surface area (Å²) >= 11 is 0. The Kier molecular flexibility index (Phi) is 5.99. The van der Waals surface area contributed by atoms with Gasteiger partial charge in [0, 0.05) is 0 Å². The number of hydrogen-bond acceptors (Lipinski definition) is 4. The topological polar surface area (TPSA) is 67.9 Å². The number of carbonyl (C=O) groups is 2. The molecule has 28 heavy (non-hydrogen) atoms. The Morgan fingerprint density at radius 1 is 1.00 bits per heavy atom. The van der Waals surface area contributed by atoms with E-state index in [9.17, 15) is 9.59 Å². The maximum atomic E-state index is 12.7. The van der Waals surface area contributed by atoms with Gasteiger partial charge >= 0.3 is 6.03 Å². The van der Waals surface area contributed by atoms with E-state index < -0.39 is 6.03 Å². The fourth-order valence-electron chi connectivity index (χ4n) is 3.03. The molecule has 1 aliphatic heterocycles. The normalized spacial score (nSPS) is 15.1. The van der Waals surface area contributed by atoms with Crippen LogP contribution in [0.2, 0.25) is 0 Å². The van der Waals surface area contributed by atoms with Gasteiger partial charge in [0.1, 0.15) is 5.70 Å². The average Bonchev–Trinajstić information content (AvgIpc) is 2.92. The van der Waals surface area contributed by atoms with Crippen molar-refractivity contribution >= 4 is 18.0 Å². The smallest absolute Gasteiger partial charge is 0.329 e. The summed E-state index contributed by atoms with van der Waals surface area (Å²) < 4.78 is 11.2. The first-order valence-corrected chi connectivity index (χ1v) is 9.31. The van der Waals surface area contributed by atoms with Gasteiger partial charge in [-0.25, -0.2) is 4.79 Å². The van der Waals surface area contributed by atoms with Crippen LogP contribution in [0.3, 0.4) is 0 Å². The largest absolute Gasteiger partial charge is 0.490 e. The van der Waals surface area contributed by atoms with Gasteiger partial charge in [-0.15, -0.1) is 0 Å². The Balaban J connectivity index is 1.82. The summed E-state index contributed by atoms with van der Waals surface area (Å²) in [5.74, 6) is 0.903. The highest BCUT2D eigenvalue weighted by Gasteiger charge is 2.33. The first kappa shape index (κ1) is 19.5. The van der Waals surface area contributed by atoms with Crippen molar-refractivity contribution < 1.29 is 19.1 Å². The molecule has 0 bridgehead atoms. The predicted octanol–water partition coefficient (Wildman–Crippen LogP) is 3.89. The molecule has 6 heteroatoms. The molecule has 0 atom stereocenters. The van der Waals surface area contributed by atoms with Crippen LogP contribution in [-0.4, -0.2) is 30.1 Å². The van der Waals surface area contributed by atoms with Gasteiger partial charge in [0.25, 0.3) is 5.91 Å². The van der Waals surface area contributed by atoms with Gasteiger partial charge in [-0.1, -0.05) is 35.9 Å². The average molecular weight is 380 g/mol. The standard InChI is InChI=1S/C22H24N2O4/c1-4-27-19-10-9-16(13-20(19)28-5-2)12-18-21(25)24(22(26)23-18)14-17-8-6-7-15(3)11-17/h6-13H,4-5,14H2,1-3H3,(H,23,26)/b18-12+. The van der Waals surface area contributed by atoms with Gasteiger partial charge in [-0.2, -0.15) is 0 Å². The Labute approximate surface area is 164 Å². The molecule has 0 saturated carbocycles. The van der Waals surface area contributed by atoms with E-state index in [0.29, 0.717) is 24.7 Å². The van der Waals surface area contributed by atoms with E-state index in [-0.39, 0.29) is 18.1 Å². The predicted molar refractivity (Wildman–Crippen MR) is 107 cm³/mol. The maximum absolute atomic E-state index is 12.7. The number of nitrogens with one attached hydrogen (secondary N) is 1. The summed E-state index contributed by atoms with van der Waals surface area (Å²) in [6, 6.07) is 12.7. The van der Waals surface area contributed by atoms with Crippen molar-refractivity contribution in [1.82, 2.24) is 10.2 Å². The molecule has 6 nitrogen and oxygen atoms in total. The first-order chi connectivity index (χ1) is 13.5. The zero-order valence-electron chi connectivity index (χ0n) is 16.3. The summed E-state index contributed by atoms with van der Waals surface area (Å²) in [7, 11) is 0. The molecular formula is C22H24N2O4. The van der Waals surface area contributed by atoms with Gasteiger partial charge in [-0.05, 0) is 50.1 Å². The number of carbonyl (C=O) groups excluding carboxylic acids is 2. The lowest BCUT2D eigenvalue weighted by atomic mass is 10.1. The van der Waals surface area contributed by atoms with Crippen molar-refractivity contribution in [2.24, 2.45) is 0 Å². The second kappa shape index (κ2) is 8.61. The number of aryl methyl sites for hydroxylation is 1. The molecule has 1 N–H and O–H groups in total. The number of rotatable bonds is 7. The van der Waals surface area contributed by atoms with Crippen molar-refractivity contribution in [3.8, 4) is 11.5 Å². The lowest BCUT2D eigenvalue weighted by Crippen LogP contribution is -2.30. The zero-order chi connectivity index (χ0) is 20.1. The number of nitrogens with zero attached hydrogens (tertiary/aromatic N) is 1. The first-order valence-electron chi connectivity index (χ1n) is 9.31. The van der Waals surface area contributed by atoms with Crippen LogP contribution in [0.25, 0.3) is 6.08 Å². The molecular weight excluding hydrogens is 356 g/mol. The van der Waals surface area contributed by atoms with Crippen LogP contribution in [0.15, 0.2) is 48.2 Å². The third-order valence-electron chi connectivity index (χ3n) is 4.26. The van der Waals surface area contributed by atoms with Crippen LogP contribution in [0, 0.1) is 6.92 Å². The van der Waals surface area contributed by atoms with E-state index in [1.165, 1.54) is 4.90 Å². The third-order valence-corrected chi connectivity index (χ3v) is 4.26. The minimum Gasteiger partial charge on any atom is -0.490 e. The highest BCUT2D eigenvalue weighted by atomic mass is 16.5. The number of imide groups is 1. The van der Waals surface area contributed by atoms with E-state index >= 15 is 0 Å². The Hall–Kier alpha value is -3.28. The fraction of sp³-hybridized carbons (Fsp3) is 0.273. The van der Waals surface area contributed by atoms with Crippen molar-refractivity contribution in [1.29, 1.82) is 0 Å². The Bertz CT molecular complexity index is 921. The summed E-state index contributed by atoms with van der Waals surface area (Å²) in [5.41, 5.74) is 2.97. The summed E-state index contributed by atoms with van der Waals surface area (Å²) in [4.78, 5) is 26.2. The number of benzene rings is 2. The van der Waals surface area contributed by atoms with Crippen molar-refractivity contribution in [2.45, 2.75) is 27.3 Å². The fourth-order valence-corrected chi connectivity index (χ4v) is 3.03. The SMILES string of the molecule is CCOc1ccc(/C=C2/NC(=O)N(Cc3cccc(C)c3)C2=O)cc1OCC. The van der Waals surface area contributed by atoms with Crippen LogP contribution in [-0.2, 0) is 11.3 Å². The van der Waals surface area contributed by atoms with E-state index in [0.717, 1.165) is 16.7 Å². The van der Waals surface area contributed by atoms with Crippen LogP contribution in [0.1, 0.15) is 30.5 Å². The van der Waals surface area contributed by atoms with Gasteiger partial charge in [-0.3, -0.25) is 9.69 Å². The number of ether oxygens (including phenoxy) is 2. The van der Waals surface area contributed by atoms with Crippen molar-refractivity contribution in [2.75, 3.05) is 13.2 Å². The molecule has 1 aliphatic rings. The molecule has 3 amide bonds. The highest BCUT2D eigenvalue weighted by molar-refractivity contribution is 6.13. The maximum Gasteiger partial charge on any atom is 0.329 e. The quantitative estimate of drug-likeness (QED) is 0.585. The van der Waals surface area contributed by atoms with Crippen molar-refractivity contribution in [3.05, 3.63) is 64.9 Å². The van der Waals surface area contributed by atoms with Crippen LogP contribution >= 0.6 is 0 Å². The van der Waals surface area contributed by atoms with E-state index in [1.807, 2.05) is 51.1 Å². The van der Waals surface area contributed by atoms with E-state index in [4.69, 9.17) is 9.47 Å². The van der Waals surface area contributed by atoms with Gasteiger partial charge in [0.15, 0.2) is 11.5 Å². The second-order valence-electron chi connectivity index (χ2n) is 6.44. The van der Waals surface area contributed by atoms with Crippen LogP contribution in [0.5, 0.6) is 11.5 Å². The molecule has 2 aromatic rings. The summed E-state index contributed by atoms with van der Waals surface area (Å²) in [6.07, 6.45) is 1.65. The Morgan fingerprint density at radius 3 is 2.46 bits per heavy atom. The molecule has 2 aromatic carbocycles. The van der Waals surface area contributed by atoms with Crippen LogP contribution < -0.4 is 14.8 Å². The van der Waals surface area contributed by atoms with Gasteiger partial charge in [0.2, 0.25) is 0 Å². The number of urea groups is 1. The number of amides is 3. The zero-order valence-corrected chi connectivity index (χ0v) is 16.3. The van der Waals surface area contributed by atoms with Gasteiger partial charge in [0.05, 0.1) is 19.8 Å². The molecule has 0 radical (unpaired) electrons. The molecule has 1 fully saturated rings. The Morgan fingerprint density at radius 2 is 1.75 bits per heavy atom.